The Morgan fingerprint density at radius 1 is 1.45 bits per heavy atom. The first-order chi connectivity index (χ1) is 9.49. The van der Waals surface area contributed by atoms with Gasteiger partial charge in [-0.2, -0.15) is 0 Å². The van der Waals surface area contributed by atoms with Crippen molar-refractivity contribution < 1.29 is 19.4 Å². The van der Waals surface area contributed by atoms with E-state index in [1.165, 1.54) is 12.1 Å². The second kappa shape index (κ2) is 6.11. The van der Waals surface area contributed by atoms with Crippen LogP contribution in [0.4, 0.5) is 10.5 Å². The Balaban J connectivity index is 2.08. The average molecular weight is 299 g/mol. The predicted molar refractivity (Wildman–Crippen MR) is 74.4 cm³/mol. The first-order valence-corrected chi connectivity index (χ1v) is 6.57. The van der Waals surface area contributed by atoms with E-state index in [0.29, 0.717) is 6.61 Å². The van der Waals surface area contributed by atoms with Crippen LogP contribution in [-0.4, -0.2) is 35.9 Å². The molecule has 1 heterocycles. The predicted octanol–water partition coefficient (Wildman–Crippen LogP) is 2.34. The topological polar surface area (TPSA) is 87.7 Å². The molecule has 3 N–H and O–H groups in total. The molecule has 6 nitrogen and oxygen atoms in total. The summed E-state index contributed by atoms with van der Waals surface area (Å²) >= 11 is 5.83. The van der Waals surface area contributed by atoms with Gasteiger partial charge in [-0.05, 0) is 25.5 Å². The molecule has 1 aromatic carbocycles. The van der Waals surface area contributed by atoms with Crippen molar-refractivity contribution in [2.75, 3.05) is 11.9 Å². The number of halogens is 1. The van der Waals surface area contributed by atoms with Gasteiger partial charge in [-0.25, -0.2) is 9.59 Å². The number of carboxylic acid groups (broad SMARTS) is 1. The highest BCUT2D eigenvalue weighted by atomic mass is 35.5. The van der Waals surface area contributed by atoms with Gasteiger partial charge in [0, 0.05) is 6.61 Å². The average Bonchev–Trinajstić information content (AvgIpc) is 2.74. The summed E-state index contributed by atoms with van der Waals surface area (Å²) < 4.78 is 5.34. The van der Waals surface area contributed by atoms with E-state index in [1.807, 2.05) is 6.92 Å². The van der Waals surface area contributed by atoms with Crippen molar-refractivity contribution in [3.8, 4) is 0 Å². The highest BCUT2D eigenvalue weighted by Gasteiger charge is 2.26. The van der Waals surface area contributed by atoms with Gasteiger partial charge in [0.1, 0.15) is 5.56 Å². The van der Waals surface area contributed by atoms with E-state index in [1.54, 1.807) is 6.07 Å². The maximum Gasteiger partial charge on any atom is 0.339 e. The van der Waals surface area contributed by atoms with Crippen LogP contribution in [0, 0.1) is 0 Å². The molecule has 0 radical (unpaired) electrons. The van der Waals surface area contributed by atoms with Crippen molar-refractivity contribution in [1.29, 1.82) is 0 Å². The lowest BCUT2D eigenvalue weighted by atomic mass is 10.1. The van der Waals surface area contributed by atoms with Gasteiger partial charge in [-0.15, -0.1) is 0 Å². The first kappa shape index (κ1) is 14.6. The van der Waals surface area contributed by atoms with Crippen LogP contribution in [0.3, 0.4) is 0 Å². The van der Waals surface area contributed by atoms with Crippen molar-refractivity contribution in [2.45, 2.75) is 25.5 Å². The van der Waals surface area contributed by atoms with Gasteiger partial charge < -0.3 is 20.5 Å². The number of carbonyl (C=O) groups excluding carboxylic acids is 1. The number of benzene rings is 1. The number of hydrogen-bond donors (Lipinski definition) is 3. The zero-order valence-electron chi connectivity index (χ0n) is 10.9. The Labute approximate surface area is 121 Å². The number of ether oxygens (including phenoxy) is 1. The molecular weight excluding hydrogens is 284 g/mol. The van der Waals surface area contributed by atoms with Crippen LogP contribution >= 0.6 is 11.6 Å². The minimum absolute atomic E-state index is 0.0564. The number of urea groups is 1. The van der Waals surface area contributed by atoms with Crippen LogP contribution in [0.2, 0.25) is 5.02 Å². The molecule has 1 saturated heterocycles. The Morgan fingerprint density at radius 3 is 2.80 bits per heavy atom. The van der Waals surface area contributed by atoms with Gasteiger partial charge in [0.15, 0.2) is 0 Å². The van der Waals surface area contributed by atoms with Gasteiger partial charge in [0.05, 0.1) is 22.9 Å². The number of carbonyl (C=O) groups is 2. The standard InChI is InChI=1S/C13H15ClN2O4/c1-7-9(5-6-20-7)15-13(19)16-10-4-2-3-8(14)11(10)12(17)18/h2-4,7,9H,5-6H2,1H3,(H,17,18)(H2,15,16,19). The molecule has 7 heteroatoms. The maximum absolute atomic E-state index is 11.9. The monoisotopic (exact) mass is 298 g/mol. The molecule has 1 aliphatic heterocycles. The van der Waals surface area contributed by atoms with E-state index >= 15 is 0 Å². The summed E-state index contributed by atoms with van der Waals surface area (Å²) in [6.45, 7) is 2.48. The van der Waals surface area contributed by atoms with Crippen LogP contribution in [-0.2, 0) is 4.74 Å². The summed E-state index contributed by atoms with van der Waals surface area (Å²) in [5, 5.41) is 14.4. The second-order valence-electron chi connectivity index (χ2n) is 4.54. The molecule has 0 saturated carbocycles. The van der Waals surface area contributed by atoms with Crippen molar-refractivity contribution in [1.82, 2.24) is 5.32 Å². The molecule has 1 fully saturated rings. The zero-order chi connectivity index (χ0) is 14.7. The molecule has 108 valence electrons. The largest absolute Gasteiger partial charge is 0.478 e. The SMILES string of the molecule is CC1OCCC1NC(=O)Nc1cccc(Cl)c1C(=O)O. The minimum atomic E-state index is -1.19. The molecule has 0 aromatic heterocycles. The number of amides is 2. The third-order valence-corrected chi connectivity index (χ3v) is 3.48. The zero-order valence-corrected chi connectivity index (χ0v) is 11.6. The van der Waals surface area contributed by atoms with Crippen molar-refractivity contribution in [3.05, 3.63) is 28.8 Å². The Bertz CT molecular complexity index is 535. The smallest absolute Gasteiger partial charge is 0.339 e. The minimum Gasteiger partial charge on any atom is -0.478 e. The third-order valence-electron chi connectivity index (χ3n) is 3.17. The fourth-order valence-electron chi connectivity index (χ4n) is 2.09. The van der Waals surface area contributed by atoms with E-state index in [0.717, 1.165) is 6.42 Å². The second-order valence-corrected chi connectivity index (χ2v) is 4.94. The van der Waals surface area contributed by atoms with Gasteiger partial charge >= 0.3 is 12.0 Å². The van der Waals surface area contributed by atoms with Crippen LogP contribution in [0.15, 0.2) is 18.2 Å². The lowest BCUT2D eigenvalue weighted by Crippen LogP contribution is -2.41. The quantitative estimate of drug-likeness (QED) is 0.799. The summed E-state index contributed by atoms with van der Waals surface area (Å²) in [7, 11) is 0. The fraction of sp³-hybridized carbons (Fsp3) is 0.385. The number of carboxylic acids is 1. The molecule has 2 amide bonds. The van der Waals surface area contributed by atoms with Crippen molar-refractivity contribution >= 4 is 29.3 Å². The van der Waals surface area contributed by atoms with Gasteiger partial charge in [-0.1, -0.05) is 17.7 Å². The molecule has 0 aliphatic carbocycles. The highest BCUT2D eigenvalue weighted by molar-refractivity contribution is 6.34. The summed E-state index contributed by atoms with van der Waals surface area (Å²) in [6.07, 6.45) is 0.676. The first-order valence-electron chi connectivity index (χ1n) is 6.20. The van der Waals surface area contributed by atoms with Gasteiger partial charge in [-0.3, -0.25) is 0 Å². The molecule has 2 rings (SSSR count). The molecule has 2 atom stereocenters. The molecule has 20 heavy (non-hydrogen) atoms. The summed E-state index contributed by atoms with van der Waals surface area (Å²) in [5.41, 5.74) is 0.0362. The number of anilines is 1. The van der Waals surface area contributed by atoms with Crippen LogP contribution in [0.1, 0.15) is 23.7 Å². The normalized spacial score (nSPS) is 21.5. The van der Waals surface area contributed by atoms with Crippen LogP contribution < -0.4 is 10.6 Å². The van der Waals surface area contributed by atoms with Gasteiger partial charge in [0.25, 0.3) is 0 Å². The highest BCUT2D eigenvalue weighted by Crippen LogP contribution is 2.24. The molecule has 1 aliphatic rings. The number of aromatic carboxylic acids is 1. The van der Waals surface area contributed by atoms with Crippen molar-refractivity contribution in [3.63, 3.8) is 0 Å². The lowest BCUT2D eigenvalue weighted by Gasteiger charge is -2.17. The number of rotatable bonds is 3. The van der Waals surface area contributed by atoms with Gasteiger partial charge in [0.2, 0.25) is 0 Å². The number of hydrogen-bond acceptors (Lipinski definition) is 3. The van der Waals surface area contributed by atoms with E-state index < -0.39 is 12.0 Å². The lowest BCUT2D eigenvalue weighted by molar-refractivity contribution is 0.0698. The Morgan fingerprint density at radius 2 is 2.20 bits per heavy atom. The Kier molecular flexibility index (Phi) is 4.46. The summed E-state index contributed by atoms with van der Waals surface area (Å²) in [6, 6.07) is 3.97. The summed E-state index contributed by atoms with van der Waals surface area (Å²) in [5.74, 6) is -1.19. The summed E-state index contributed by atoms with van der Waals surface area (Å²) in [4.78, 5) is 23.0. The Hall–Kier alpha value is -1.79. The van der Waals surface area contributed by atoms with Crippen LogP contribution in [0.25, 0.3) is 0 Å². The van der Waals surface area contributed by atoms with Crippen LogP contribution in [0.5, 0.6) is 0 Å². The van der Waals surface area contributed by atoms with E-state index in [-0.39, 0.29) is 28.4 Å². The third kappa shape index (κ3) is 3.20. The molecule has 0 bridgehead atoms. The van der Waals surface area contributed by atoms with E-state index in [4.69, 9.17) is 21.4 Å². The maximum atomic E-state index is 11.9. The number of nitrogens with one attached hydrogen (secondary N) is 2. The fourth-order valence-corrected chi connectivity index (χ4v) is 2.35. The molecular formula is C13H15ClN2O4. The van der Waals surface area contributed by atoms with E-state index in [9.17, 15) is 9.59 Å². The van der Waals surface area contributed by atoms with E-state index in [2.05, 4.69) is 10.6 Å². The molecule has 0 spiro atoms. The van der Waals surface area contributed by atoms with Crippen molar-refractivity contribution in [2.24, 2.45) is 0 Å². The molecule has 2 unspecified atom stereocenters. The molecule has 1 aromatic rings.